The van der Waals surface area contributed by atoms with Gasteiger partial charge in [0.1, 0.15) is 0 Å². The second-order valence-corrected chi connectivity index (χ2v) is 4.75. The van der Waals surface area contributed by atoms with Crippen LogP contribution in [0.3, 0.4) is 0 Å². The molecular weight excluding hydrogens is 204 g/mol. The number of hydrogen-bond donors (Lipinski definition) is 1. The molecule has 1 unspecified atom stereocenters. The highest BCUT2D eigenvalue weighted by Gasteiger charge is 2.33. The Labute approximate surface area is 96.9 Å². The van der Waals surface area contributed by atoms with Crippen LogP contribution in [-0.2, 0) is 9.47 Å². The first kappa shape index (κ1) is 11.8. The lowest BCUT2D eigenvalue weighted by Crippen LogP contribution is -2.40. The molecule has 0 aliphatic carbocycles. The number of rotatable bonds is 3. The summed E-state index contributed by atoms with van der Waals surface area (Å²) in [6, 6.07) is 2.44. The van der Waals surface area contributed by atoms with Crippen LogP contribution in [0.25, 0.3) is 0 Å². The zero-order chi connectivity index (χ0) is 11.3. The molecule has 0 amide bonds. The third kappa shape index (κ3) is 2.94. The van der Waals surface area contributed by atoms with E-state index in [2.05, 4.69) is 11.4 Å². The molecule has 0 radical (unpaired) electrons. The van der Waals surface area contributed by atoms with Gasteiger partial charge in [-0.3, -0.25) is 0 Å². The van der Waals surface area contributed by atoms with Crippen molar-refractivity contribution in [1.82, 2.24) is 5.32 Å². The minimum absolute atomic E-state index is 0.0751. The molecule has 90 valence electrons. The lowest BCUT2D eigenvalue weighted by atomic mass is 9.81. The third-order valence-corrected chi connectivity index (χ3v) is 3.48. The third-order valence-electron chi connectivity index (χ3n) is 3.48. The molecule has 2 aliphatic heterocycles. The molecule has 4 heteroatoms. The van der Waals surface area contributed by atoms with E-state index in [4.69, 9.17) is 9.47 Å². The summed E-state index contributed by atoms with van der Waals surface area (Å²) in [5.74, 6) is 0. The fourth-order valence-electron chi connectivity index (χ4n) is 2.29. The van der Waals surface area contributed by atoms with Crippen LogP contribution in [0.1, 0.15) is 32.1 Å². The van der Waals surface area contributed by atoms with Crippen LogP contribution in [0.15, 0.2) is 0 Å². The van der Waals surface area contributed by atoms with E-state index in [1.165, 1.54) is 6.42 Å². The molecule has 1 atom stereocenters. The van der Waals surface area contributed by atoms with Gasteiger partial charge >= 0.3 is 0 Å². The number of ether oxygens (including phenoxy) is 2. The summed E-state index contributed by atoms with van der Waals surface area (Å²) in [5.41, 5.74) is -0.286. The average molecular weight is 224 g/mol. The smallest absolute Gasteiger partial charge is 0.157 e. The molecule has 1 N–H and O–H groups in total. The maximum atomic E-state index is 9.27. The van der Waals surface area contributed by atoms with E-state index in [0.29, 0.717) is 6.61 Å². The number of nitrogens with zero attached hydrogens (tertiary/aromatic N) is 1. The van der Waals surface area contributed by atoms with Crippen LogP contribution in [0.4, 0.5) is 0 Å². The average Bonchev–Trinajstić information content (AvgIpc) is 2.39. The Morgan fingerprint density at radius 3 is 2.81 bits per heavy atom. The van der Waals surface area contributed by atoms with Crippen LogP contribution in [-0.4, -0.2) is 32.6 Å². The van der Waals surface area contributed by atoms with Crippen LogP contribution in [0.2, 0.25) is 0 Å². The van der Waals surface area contributed by atoms with Gasteiger partial charge in [0.05, 0.1) is 18.1 Å². The predicted molar refractivity (Wildman–Crippen MR) is 59.7 cm³/mol. The van der Waals surface area contributed by atoms with E-state index in [9.17, 15) is 5.26 Å². The lowest BCUT2D eigenvalue weighted by Gasteiger charge is -2.33. The molecule has 2 heterocycles. The number of piperidine rings is 1. The molecule has 0 spiro atoms. The normalized spacial score (nSPS) is 29.6. The van der Waals surface area contributed by atoms with Crippen molar-refractivity contribution in [1.29, 1.82) is 5.26 Å². The van der Waals surface area contributed by atoms with Gasteiger partial charge in [0, 0.05) is 6.61 Å². The SMILES string of the molecule is N#CC1(COC2CCCCO2)CCNCC1. The van der Waals surface area contributed by atoms with E-state index in [-0.39, 0.29) is 11.7 Å². The minimum Gasteiger partial charge on any atom is -0.353 e. The van der Waals surface area contributed by atoms with Crippen LogP contribution < -0.4 is 5.32 Å². The first-order chi connectivity index (χ1) is 7.85. The largest absolute Gasteiger partial charge is 0.353 e. The van der Waals surface area contributed by atoms with Gasteiger partial charge in [0.2, 0.25) is 0 Å². The monoisotopic (exact) mass is 224 g/mol. The molecule has 0 saturated carbocycles. The molecular formula is C12H20N2O2. The minimum atomic E-state index is -0.286. The van der Waals surface area contributed by atoms with Crippen molar-refractivity contribution in [2.24, 2.45) is 5.41 Å². The molecule has 0 aromatic heterocycles. The van der Waals surface area contributed by atoms with E-state index in [1.807, 2.05) is 0 Å². The second-order valence-electron chi connectivity index (χ2n) is 4.75. The summed E-state index contributed by atoms with van der Waals surface area (Å²) in [6.07, 6.45) is 4.97. The summed E-state index contributed by atoms with van der Waals surface area (Å²) in [7, 11) is 0. The van der Waals surface area contributed by atoms with Gasteiger partial charge in [-0.15, -0.1) is 0 Å². The van der Waals surface area contributed by atoms with Crippen molar-refractivity contribution < 1.29 is 9.47 Å². The molecule has 4 nitrogen and oxygen atoms in total. The first-order valence-electron chi connectivity index (χ1n) is 6.20. The Morgan fingerprint density at radius 2 is 2.19 bits per heavy atom. The molecule has 2 aliphatic rings. The summed E-state index contributed by atoms with van der Waals surface area (Å²) < 4.78 is 11.3. The molecule has 2 fully saturated rings. The highest BCUT2D eigenvalue weighted by molar-refractivity contribution is 5.01. The van der Waals surface area contributed by atoms with Crippen LogP contribution in [0, 0.1) is 16.7 Å². The van der Waals surface area contributed by atoms with Crippen molar-refractivity contribution >= 4 is 0 Å². The summed E-state index contributed by atoms with van der Waals surface area (Å²) in [4.78, 5) is 0. The summed E-state index contributed by atoms with van der Waals surface area (Å²) in [6.45, 7) is 3.16. The van der Waals surface area contributed by atoms with Crippen molar-refractivity contribution in [3.8, 4) is 6.07 Å². The highest BCUT2D eigenvalue weighted by Crippen LogP contribution is 2.29. The summed E-state index contributed by atoms with van der Waals surface area (Å²) >= 11 is 0. The maximum absolute atomic E-state index is 9.27. The van der Waals surface area contributed by atoms with Gasteiger partial charge in [-0.05, 0) is 45.2 Å². The Morgan fingerprint density at radius 1 is 1.38 bits per heavy atom. The molecule has 0 aromatic carbocycles. The Kier molecular flexibility index (Phi) is 4.16. The maximum Gasteiger partial charge on any atom is 0.157 e. The molecule has 0 aromatic rings. The van der Waals surface area contributed by atoms with E-state index >= 15 is 0 Å². The molecule has 16 heavy (non-hydrogen) atoms. The topological polar surface area (TPSA) is 54.3 Å². The molecule has 2 saturated heterocycles. The van der Waals surface area contributed by atoms with Gasteiger partial charge in [0.25, 0.3) is 0 Å². The van der Waals surface area contributed by atoms with E-state index in [0.717, 1.165) is 45.4 Å². The Hall–Kier alpha value is -0.630. The zero-order valence-corrected chi connectivity index (χ0v) is 9.71. The first-order valence-corrected chi connectivity index (χ1v) is 6.20. The lowest BCUT2D eigenvalue weighted by molar-refractivity contribution is -0.176. The molecule has 2 rings (SSSR count). The Bertz CT molecular complexity index is 250. The fraction of sp³-hybridized carbons (Fsp3) is 0.917. The second kappa shape index (κ2) is 5.62. The quantitative estimate of drug-likeness (QED) is 0.787. The van der Waals surface area contributed by atoms with Crippen LogP contribution in [0.5, 0.6) is 0 Å². The van der Waals surface area contributed by atoms with Gasteiger partial charge in [-0.25, -0.2) is 0 Å². The standard InChI is InChI=1S/C12H20N2O2/c13-9-12(4-6-14-7-5-12)10-16-11-3-1-2-8-15-11/h11,14H,1-8,10H2. The van der Waals surface area contributed by atoms with Crippen molar-refractivity contribution in [3.05, 3.63) is 0 Å². The number of nitriles is 1. The van der Waals surface area contributed by atoms with Gasteiger partial charge in [-0.2, -0.15) is 5.26 Å². The van der Waals surface area contributed by atoms with Crippen LogP contribution >= 0.6 is 0 Å². The number of hydrogen-bond acceptors (Lipinski definition) is 4. The van der Waals surface area contributed by atoms with Crippen molar-refractivity contribution in [3.63, 3.8) is 0 Å². The van der Waals surface area contributed by atoms with Gasteiger partial charge in [-0.1, -0.05) is 0 Å². The zero-order valence-electron chi connectivity index (χ0n) is 9.71. The van der Waals surface area contributed by atoms with Gasteiger partial charge < -0.3 is 14.8 Å². The predicted octanol–water partition coefficient (Wildman–Crippen LogP) is 1.42. The molecule has 0 bridgehead atoms. The van der Waals surface area contributed by atoms with Gasteiger partial charge in [0.15, 0.2) is 6.29 Å². The van der Waals surface area contributed by atoms with E-state index in [1.54, 1.807) is 0 Å². The number of nitrogens with one attached hydrogen (secondary N) is 1. The van der Waals surface area contributed by atoms with Crippen molar-refractivity contribution in [2.45, 2.75) is 38.4 Å². The summed E-state index contributed by atoms with van der Waals surface area (Å²) in [5, 5.41) is 12.5. The highest BCUT2D eigenvalue weighted by atomic mass is 16.7. The fourth-order valence-corrected chi connectivity index (χ4v) is 2.29. The Balaban J connectivity index is 1.80. The van der Waals surface area contributed by atoms with E-state index < -0.39 is 0 Å². The van der Waals surface area contributed by atoms with Crippen molar-refractivity contribution in [2.75, 3.05) is 26.3 Å².